The van der Waals surface area contributed by atoms with Gasteiger partial charge in [-0.05, 0) is 45.7 Å². The predicted molar refractivity (Wildman–Crippen MR) is 113 cm³/mol. The fourth-order valence-electron chi connectivity index (χ4n) is 4.61. The fraction of sp³-hybridized carbons (Fsp3) is 0.714. The van der Waals surface area contributed by atoms with Gasteiger partial charge in [-0.25, -0.2) is 9.97 Å². The van der Waals surface area contributed by atoms with E-state index in [1.165, 1.54) is 12.8 Å². The molecule has 2 aliphatic heterocycles. The molecule has 0 bridgehead atoms. The Morgan fingerprint density at radius 1 is 1.17 bits per heavy atom. The average Bonchev–Trinajstić information content (AvgIpc) is 3.23. The average molecular weight is 400 g/mol. The van der Waals surface area contributed by atoms with Crippen molar-refractivity contribution in [1.29, 1.82) is 0 Å². The molecule has 158 valence electrons. The van der Waals surface area contributed by atoms with Crippen molar-refractivity contribution in [3.8, 4) is 11.6 Å². The first kappa shape index (κ1) is 20.2. The number of aryl methyl sites for hydroxylation is 2. The Morgan fingerprint density at radius 2 is 2.00 bits per heavy atom. The zero-order valence-corrected chi connectivity index (χ0v) is 17.9. The number of anilines is 1. The molecule has 2 fully saturated rings. The molecule has 8 heteroatoms. The summed E-state index contributed by atoms with van der Waals surface area (Å²) in [5.41, 5.74) is 1.57. The second-order valence-corrected chi connectivity index (χ2v) is 8.14. The van der Waals surface area contributed by atoms with Crippen molar-refractivity contribution in [2.24, 2.45) is 0 Å². The van der Waals surface area contributed by atoms with E-state index < -0.39 is 0 Å². The Morgan fingerprint density at radius 3 is 2.72 bits per heavy atom. The number of piperidine rings is 1. The molecule has 0 unspecified atom stereocenters. The number of rotatable bonds is 6. The number of nitrogens with zero attached hydrogens (tertiary/aromatic N) is 6. The van der Waals surface area contributed by atoms with E-state index in [1.807, 2.05) is 6.92 Å². The van der Waals surface area contributed by atoms with E-state index in [9.17, 15) is 0 Å². The molecule has 0 aliphatic carbocycles. The molecule has 0 radical (unpaired) electrons. The Hall–Kier alpha value is -2.06. The predicted octanol–water partition coefficient (Wildman–Crippen LogP) is 2.44. The van der Waals surface area contributed by atoms with Crippen LogP contribution in [-0.4, -0.2) is 69.9 Å². The minimum absolute atomic E-state index is 0.456. The third-order valence-corrected chi connectivity index (χ3v) is 6.15. The number of piperazine rings is 1. The van der Waals surface area contributed by atoms with Crippen molar-refractivity contribution >= 4 is 5.82 Å². The lowest BCUT2D eigenvalue weighted by molar-refractivity contribution is 0.0935. The molecular weight excluding hydrogens is 366 g/mol. The SMILES string of the molecule is CCCc1nnc(-c2cnc(N3CCN(C4CCNCC4)[C@@H](CC)C3)c(C)n2)o1. The van der Waals surface area contributed by atoms with Gasteiger partial charge in [0.15, 0.2) is 0 Å². The fourth-order valence-corrected chi connectivity index (χ4v) is 4.61. The first-order chi connectivity index (χ1) is 14.2. The summed E-state index contributed by atoms with van der Waals surface area (Å²) in [6.07, 6.45) is 7.21. The maximum absolute atomic E-state index is 5.72. The second kappa shape index (κ2) is 9.17. The van der Waals surface area contributed by atoms with E-state index in [1.54, 1.807) is 6.20 Å². The molecule has 0 aromatic carbocycles. The van der Waals surface area contributed by atoms with Gasteiger partial charge < -0.3 is 14.6 Å². The topological polar surface area (TPSA) is 83.2 Å². The highest BCUT2D eigenvalue weighted by Crippen LogP contribution is 2.26. The van der Waals surface area contributed by atoms with Crippen molar-refractivity contribution < 1.29 is 4.42 Å². The zero-order valence-electron chi connectivity index (χ0n) is 17.9. The Bertz CT molecular complexity index is 802. The summed E-state index contributed by atoms with van der Waals surface area (Å²) < 4.78 is 5.72. The highest BCUT2D eigenvalue weighted by atomic mass is 16.4. The van der Waals surface area contributed by atoms with Crippen LogP contribution in [-0.2, 0) is 6.42 Å². The van der Waals surface area contributed by atoms with Crippen LogP contribution in [0.3, 0.4) is 0 Å². The third-order valence-electron chi connectivity index (χ3n) is 6.15. The number of aromatic nitrogens is 4. The first-order valence-corrected chi connectivity index (χ1v) is 11.1. The van der Waals surface area contributed by atoms with Crippen LogP contribution in [0, 0.1) is 6.92 Å². The molecule has 0 spiro atoms. The number of hydrogen-bond donors (Lipinski definition) is 1. The molecule has 8 nitrogen and oxygen atoms in total. The summed E-state index contributed by atoms with van der Waals surface area (Å²) in [6, 6.07) is 1.29. The minimum Gasteiger partial charge on any atom is -0.419 e. The smallest absolute Gasteiger partial charge is 0.267 e. The molecule has 4 rings (SSSR count). The first-order valence-electron chi connectivity index (χ1n) is 11.1. The minimum atomic E-state index is 0.456. The largest absolute Gasteiger partial charge is 0.419 e. The van der Waals surface area contributed by atoms with Gasteiger partial charge in [0.05, 0.1) is 11.9 Å². The van der Waals surface area contributed by atoms with E-state index >= 15 is 0 Å². The van der Waals surface area contributed by atoms with Crippen LogP contribution in [0.2, 0.25) is 0 Å². The Labute approximate surface area is 173 Å². The van der Waals surface area contributed by atoms with Gasteiger partial charge in [-0.15, -0.1) is 10.2 Å². The molecule has 2 saturated heterocycles. The summed E-state index contributed by atoms with van der Waals surface area (Å²) in [5, 5.41) is 11.7. The van der Waals surface area contributed by atoms with Gasteiger partial charge in [0.1, 0.15) is 11.5 Å². The van der Waals surface area contributed by atoms with Crippen LogP contribution in [0.5, 0.6) is 0 Å². The van der Waals surface area contributed by atoms with E-state index in [2.05, 4.69) is 39.2 Å². The van der Waals surface area contributed by atoms with Crippen LogP contribution in [0.1, 0.15) is 51.1 Å². The van der Waals surface area contributed by atoms with Crippen LogP contribution < -0.4 is 10.2 Å². The van der Waals surface area contributed by atoms with E-state index in [4.69, 9.17) is 14.4 Å². The summed E-state index contributed by atoms with van der Waals surface area (Å²) in [5.74, 6) is 2.09. The van der Waals surface area contributed by atoms with Crippen LogP contribution in [0.4, 0.5) is 5.82 Å². The van der Waals surface area contributed by atoms with Gasteiger partial charge in [0, 0.05) is 38.1 Å². The molecule has 0 saturated carbocycles. The van der Waals surface area contributed by atoms with Crippen molar-refractivity contribution in [1.82, 2.24) is 30.4 Å². The van der Waals surface area contributed by atoms with Gasteiger partial charge in [0.25, 0.3) is 5.89 Å². The highest BCUT2D eigenvalue weighted by molar-refractivity contribution is 5.51. The van der Waals surface area contributed by atoms with Gasteiger partial charge in [-0.3, -0.25) is 4.90 Å². The maximum atomic E-state index is 5.72. The lowest BCUT2D eigenvalue weighted by Gasteiger charge is -2.46. The van der Waals surface area contributed by atoms with Gasteiger partial charge in [0.2, 0.25) is 5.89 Å². The van der Waals surface area contributed by atoms with Crippen LogP contribution in [0.25, 0.3) is 11.6 Å². The molecule has 2 aromatic rings. The summed E-state index contributed by atoms with van der Waals surface area (Å²) >= 11 is 0. The van der Waals surface area contributed by atoms with E-state index in [0.29, 0.717) is 29.6 Å². The lowest BCUT2D eigenvalue weighted by atomic mass is 9.99. The molecule has 1 atom stereocenters. The quantitative estimate of drug-likeness (QED) is 0.793. The molecule has 2 aliphatic rings. The zero-order chi connectivity index (χ0) is 20.2. The van der Waals surface area contributed by atoms with Crippen molar-refractivity contribution in [3.05, 3.63) is 17.8 Å². The molecule has 29 heavy (non-hydrogen) atoms. The third kappa shape index (κ3) is 4.43. The molecule has 0 amide bonds. The molecule has 1 N–H and O–H groups in total. The highest BCUT2D eigenvalue weighted by Gasteiger charge is 2.32. The maximum Gasteiger partial charge on any atom is 0.267 e. The number of hydrogen-bond acceptors (Lipinski definition) is 8. The van der Waals surface area contributed by atoms with Crippen LogP contribution >= 0.6 is 0 Å². The van der Waals surface area contributed by atoms with E-state index in [0.717, 1.165) is 63.5 Å². The van der Waals surface area contributed by atoms with E-state index in [-0.39, 0.29) is 0 Å². The number of nitrogens with one attached hydrogen (secondary N) is 1. The molecule has 2 aromatic heterocycles. The van der Waals surface area contributed by atoms with Gasteiger partial charge in [-0.1, -0.05) is 13.8 Å². The van der Waals surface area contributed by atoms with Crippen molar-refractivity contribution in [2.45, 2.75) is 65.0 Å². The summed E-state index contributed by atoms with van der Waals surface area (Å²) in [4.78, 5) is 14.6. The Balaban J connectivity index is 1.46. The molecular formula is C21H33N7O. The van der Waals surface area contributed by atoms with Crippen LogP contribution in [0.15, 0.2) is 10.6 Å². The summed E-state index contributed by atoms with van der Waals surface area (Å²) in [7, 11) is 0. The summed E-state index contributed by atoms with van der Waals surface area (Å²) in [6.45, 7) is 11.8. The van der Waals surface area contributed by atoms with Gasteiger partial charge in [-0.2, -0.15) is 0 Å². The molecule has 4 heterocycles. The van der Waals surface area contributed by atoms with Crippen molar-refractivity contribution in [3.63, 3.8) is 0 Å². The normalized spacial score (nSPS) is 21.6. The second-order valence-electron chi connectivity index (χ2n) is 8.14. The van der Waals surface area contributed by atoms with Crippen molar-refractivity contribution in [2.75, 3.05) is 37.6 Å². The van der Waals surface area contributed by atoms with Gasteiger partial charge >= 0.3 is 0 Å². The monoisotopic (exact) mass is 399 g/mol. The Kier molecular flexibility index (Phi) is 6.40. The lowest BCUT2D eigenvalue weighted by Crippen LogP contribution is -2.58. The standard InChI is InChI=1S/C21H33N7O/c1-4-6-19-25-26-21(29-19)18-13-23-20(15(3)24-18)27-11-12-28(16(5-2)14-27)17-7-9-22-10-8-17/h13,16-17,22H,4-12,14H2,1-3H3/t16-/m0/s1.